The van der Waals surface area contributed by atoms with Gasteiger partial charge in [0.2, 0.25) is 5.91 Å². The molecule has 0 bridgehead atoms. The molecule has 1 aromatic carbocycles. The number of amides is 1. The van der Waals surface area contributed by atoms with Crippen LogP contribution in [0.5, 0.6) is 5.75 Å². The number of methoxy groups -OCH3 is 1. The van der Waals surface area contributed by atoms with Crippen LogP contribution in [0.2, 0.25) is 0 Å². The molecule has 0 fully saturated rings. The van der Waals surface area contributed by atoms with Gasteiger partial charge in [-0.05, 0) is 19.1 Å². The van der Waals surface area contributed by atoms with Gasteiger partial charge < -0.3 is 15.8 Å². The summed E-state index contributed by atoms with van der Waals surface area (Å²) in [5.41, 5.74) is 6.09. The lowest BCUT2D eigenvalue weighted by molar-refractivity contribution is -0.117. The van der Waals surface area contributed by atoms with Gasteiger partial charge in [-0.2, -0.15) is 0 Å². The standard InChI is InChI=1S/C10H13BrN2O2/c1-6(12)10(14)13-8-3-7(11)4-9(5-8)15-2/h3-6H,12H2,1-2H3,(H,13,14)/t6-/m0/s1. The SMILES string of the molecule is COc1cc(Br)cc(NC(=O)[C@H](C)N)c1. The van der Waals surface area contributed by atoms with Crippen LogP contribution in [0, 0.1) is 0 Å². The highest BCUT2D eigenvalue weighted by Crippen LogP contribution is 2.24. The Labute approximate surface area is 96.9 Å². The number of benzene rings is 1. The number of halogens is 1. The third-order valence-corrected chi connectivity index (χ3v) is 2.25. The van der Waals surface area contributed by atoms with E-state index in [-0.39, 0.29) is 5.91 Å². The van der Waals surface area contributed by atoms with E-state index in [0.29, 0.717) is 11.4 Å². The lowest BCUT2D eigenvalue weighted by Crippen LogP contribution is -2.32. The lowest BCUT2D eigenvalue weighted by Gasteiger charge is -2.09. The average molecular weight is 273 g/mol. The molecule has 82 valence electrons. The summed E-state index contributed by atoms with van der Waals surface area (Å²) in [5.74, 6) is 0.444. The molecule has 0 aliphatic carbocycles. The molecule has 0 aliphatic heterocycles. The van der Waals surface area contributed by atoms with Crippen molar-refractivity contribution in [3.05, 3.63) is 22.7 Å². The van der Waals surface area contributed by atoms with Crippen LogP contribution in [0.1, 0.15) is 6.92 Å². The molecule has 4 nitrogen and oxygen atoms in total. The van der Waals surface area contributed by atoms with Crippen molar-refractivity contribution in [2.75, 3.05) is 12.4 Å². The molecule has 15 heavy (non-hydrogen) atoms. The number of hydrogen-bond acceptors (Lipinski definition) is 3. The van der Waals surface area contributed by atoms with E-state index < -0.39 is 6.04 Å². The summed E-state index contributed by atoms with van der Waals surface area (Å²) in [5, 5.41) is 2.68. The van der Waals surface area contributed by atoms with Crippen LogP contribution >= 0.6 is 15.9 Å². The molecule has 3 N–H and O–H groups in total. The smallest absolute Gasteiger partial charge is 0.241 e. The van der Waals surface area contributed by atoms with Crippen molar-refractivity contribution in [1.82, 2.24) is 0 Å². The minimum Gasteiger partial charge on any atom is -0.497 e. The molecule has 0 aliphatic rings. The Bertz CT molecular complexity index is 366. The van der Waals surface area contributed by atoms with Crippen molar-refractivity contribution in [1.29, 1.82) is 0 Å². The Morgan fingerprint density at radius 1 is 1.53 bits per heavy atom. The van der Waals surface area contributed by atoms with E-state index in [9.17, 15) is 4.79 Å². The molecule has 0 saturated carbocycles. The van der Waals surface area contributed by atoms with Gasteiger partial charge in [0.1, 0.15) is 5.75 Å². The molecule has 0 spiro atoms. The first-order valence-electron chi connectivity index (χ1n) is 4.44. The molecule has 1 aromatic rings. The topological polar surface area (TPSA) is 64.3 Å². The number of hydrogen-bond donors (Lipinski definition) is 2. The second-order valence-electron chi connectivity index (χ2n) is 3.16. The Hall–Kier alpha value is -1.07. The van der Waals surface area contributed by atoms with E-state index >= 15 is 0 Å². The van der Waals surface area contributed by atoms with Gasteiger partial charge in [-0.15, -0.1) is 0 Å². The van der Waals surface area contributed by atoms with E-state index in [1.54, 1.807) is 26.2 Å². The minimum atomic E-state index is -0.532. The molecule has 0 aromatic heterocycles. The summed E-state index contributed by atoms with van der Waals surface area (Å²) >= 11 is 3.32. The molecular weight excluding hydrogens is 260 g/mol. The fourth-order valence-corrected chi connectivity index (χ4v) is 1.48. The quantitative estimate of drug-likeness (QED) is 0.881. The molecule has 0 heterocycles. The van der Waals surface area contributed by atoms with Gasteiger partial charge in [0.15, 0.2) is 0 Å². The van der Waals surface area contributed by atoms with Crippen LogP contribution in [0.4, 0.5) is 5.69 Å². The fraction of sp³-hybridized carbons (Fsp3) is 0.300. The molecular formula is C10H13BrN2O2. The summed E-state index contributed by atoms with van der Waals surface area (Å²) in [6, 6.07) is 4.78. The predicted molar refractivity (Wildman–Crippen MR) is 63.0 cm³/mol. The number of carbonyl (C=O) groups is 1. The number of nitrogens with two attached hydrogens (primary N) is 1. The Kier molecular flexibility index (Phi) is 4.11. The number of anilines is 1. The molecule has 1 rings (SSSR count). The van der Waals surface area contributed by atoms with Crippen molar-refractivity contribution in [3.63, 3.8) is 0 Å². The van der Waals surface area contributed by atoms with Crippen LogP contribution in [0.3, 0.4) is 0 Å². The van der Waals surface area contributed by atoms with Crippen LogP contribution in [-0.4, -0.2) is 19.1 Å². The largest absolute Gasteiger partial charge is 0.497 e. The second-order valence-corrected chi connectivity index (χ2v) is 4.07. The zero-order valence-corrected chi connectivity index (χ0v) is 10.2. The summed E-state index contributed by atoms with van der Waals surface area (Å²) in [7, 11) is 1.57. The first-order valence-corrected chi connectivity index (χ1v) is 5.23. The summed E-state index contributed by atoms with van der Waals surface area (Å²) in [6.45, 7) is 1.63. The summed E-state index contributed by atoms with van der Waals surface area (Å²) in [6.07, 6.45) is 0. The average Bonchev–Trinajstić information content (AvgIpc) is 2.16. The van der Waals surface area contributed by atoms with Crippen molar-refractivity contribution in [2.45, 2.75) is 13.0 Å². The first kappa shape index (κ1) is 12.0. The normalized spacial score (nSPS) is 12.0. The van der Waals surface area contributed by atoms with Gasteiger partial charge in [0.25, 0.3) is 0 Å². The Morgan fingerprint density at radius 2 is 2.20 bits per heavy atom. The lowest BCUT2D eigenvalue weighted by atomic mass is 10.2. The van der Waals surface area contributed by atoms with Crippen molar-refractivity contribution in [3.8, 4) is 5.75 Å². The fourth-order valence-electron chi connectivity index (χ4n) is 1.01. The highest BCUT2D eigenvalue weighted by atomic mass is 79.9. The number of rotatable bonds is 3. The van der Waals surface area contributed by atoms with E-state index in [1.807, 2.05) is 6.07 Å². The van der Waals surface area contributed by atoms with E-state index in [1.165, 1.54) is 0 Å². The Morgan fingerprint density at radius 3 is 2.73 bits per heavy atom. The second kappa shape index (κ2) is 5.14. The van der Waals surface area contributed by atoms with Gasteiger partial charge >= 0.3 is 0 Å². The highest BCUT2D eigenvalue weighted by molar-refractivity contribution is 9.10. The molecule has 0 saturated heterocycles. The maximum absolute atomic E-state index is 11.3. The minimum absolute atomic E-state index is 0.227. The van der Waals surface area contributed by atoms with Crippen LogP contribution in [-0.2, 0) is 4.79 Å². The third-order valence-electron chi connectivity index (χ3n) is 1.79. The first-order chi connectivity index (χ1) is 7.02. The monoisotopic (exact) mass is 272 g/mol. The van der Waals surface area contributed by atoms with Gasteiger partial charge in [-0.3, -0.25) is 4.79 Å². The van der Waals surface area contributed by atoms with Crippen LogP contribution < -0.4 is 15.8 Å². The van der Waals surface area contributed by atoms with Gasteiger partial charge in [-0.1, -0.05) is 15.9 Å². The number of ether oxygens (including phenoxy) is 1. The highest BCUT2D eigenvalue weighted by Gasteiger charge is 2.08. The Balaban J connectivity index is 2.85. The van der Waals surface area contributed by atoms with Crippen molar-refractivity contribution < 1.29 is 9.53 Å². The van der Waals surface area contributed by atoms with Gasteiger partial charge in [0.05, 0.1) is 13.2 Å². The van der Waals surface area contributed by atoms with E-state index in [4.69, 9.17) is 10.5 Å². The third kappa shape index (κ3) is 3.53. The molecule has 0 radical (unpaired) electrons. The summed E-state index contributed by atoms with van der Waals surface area (Å²) in [4.78, 5) is 11.3. The van der Waals surface area contributed by atoms with Crippen LogP contribution in [0.25, 0.3) is 0 Å². The zero-order chi connectivity index (χ0) is 11.4. The molecule has 0 unspecified atom stereocenters. The van der Waals surface area contributed by atoms with Crippen molar-refractivity contribution >= 4 is 27.5 Å². The van der Waals surface area contributed by atoms with Gasteiger partial charge in [0, 0.05) is 16.2 Å². The molecule has 1 amide bonds. The van der Waals surface area contributed by atoms with E-state index in [0.717, 1.165) is 4.47 Å². The zero-order valence-electron chi connectivity index (χ0n) is 8.58. The summed E-state index contributed by atoms with van der Waals surface area (Å²) < 4.78 is 5.90. The maximum Gasteiger partial charge on any atom is 0.241 e. The van der Waals surface area contributed by atoms with Crippen molar-refractivity contribution in [2.24, 2.45) is 5.73 Å². The van der Waals surface area contributed by atoms with E-state index in [2.05, 4.69) is 21.2 Å². The molecule has 5 heteroatoms. The number of carbonyl (C=O) groups excluding carboxylic acids is 1. The number of nitrogens with one attached hydrogen (secondary N) is 1. The predicted octanol–water partition coefficient (Wildman–Crippen LogP) is 1.74. The molecule has 1 atom stereocenters. The van der Waals surface area contributed by atoms with Crippen LogP contribution in [0.15, 0.2) is 22.7 Å². The van der Waals surface area contributed by atoms with Gasteiger partial charge in [-0.25, -0.2) is 0 Å². The maximum atomic E-state index is 11.3.